The Morgan fingerprint density at radius 2 is 2.26 bits per heavy atom. The lowest BCUT2D eigenvalue weighted by atomic mass is 10.1. The number of nitrogens with zero attached hydrogens (tertiary/aromatic N) is 1. The average Bonchev–Trinajstić information content (AvgIpc) is 2.87. The Hall–Kier alpha value is -1.76. The number of hydrogen-bond donors (Lipinski definition) is 1. The van der Waals surface area contributed by atoms with E-state index in [9.17, 15) is 14.0 Å². The second kappa shape index (κ2) is 5.48. The van der Waals surface area contributed by atoms with E-state index in [0.717, 1.165) is 11.0 Å². The molecule has 0 aromatic heterocycles. The molecule has 0 bridgehead atoms. The monoisotopic (exact) mass is 285 g/mol. The van der Waals surface area contributed by atoms with Gasteiger partial charge in [-0.1, -0.05) is 0 Å². The highest BCUT2D eigenvalue weighted by atomic mass is 32.2. The van der Waals surface area contributed by atoms with E-state index in [1.54, 1.807) is 0 Å². The summed E-state index contributed by atoms with van der Waals surface area (Å²) in [5, 5.41) is 9.01. The number of thioether (sulfide) groups is 1. The molecule has 1 heterocycles. The van der Waals surface area contributed by atoms with Crippen LogP contribution in [0.2, 0.25) is 0 Å². The van der Waals surface area contributed by atoms with E-state index in [2.05, 4.69) is 0 Å². The Kier molecular flexibility index (Phi) is 3.94. The number of halogens is 1. The van der Waals surface area contributed by atoms with E-state index < -0.39 is 23.7 Å². The minimum absolute atomic E-state index is 0.144. The first-order chi connectivity index (χ1) is 9.04. The van der Waals surface area contributed by atoms with Crippen LogP contribution in [-0.2, 0) is 4.79 Å². The smallest absolute Gasteiger partial charge is 0.327 e. The molecule has 0 aliphatic carbocycles. The van der Waals surface area contributed by atoms with Crippen LogP contribution in [0.5, 0.6) is 5.75 Å². The van der Waals surface area contributed by atoms with Crippen molar-refractivity contribution in [2.75, 3.05) is 18.7 Å². The number of hydrogen-bond acceptors (Lipinski definition) is 4. The van der Waals surface area contributed by atoms with E-state index in [1.807, 2.05) is 0 Å². The quantitative estimate of drug-likeness (QED) is 0.910. The molecule has 0 spiro atoms. The van der Waals surface area contributed by atoms with Crippen molar-refractivity contribution in [1.29, 1.82) is 0 Å². The molecule has 2 rings (SSSR count). The first-order valence-electron chi connectivity index (χ1n) is 5.49. The number of methoxy groups -OCH3 is 1. The first-order valence-corrected chi connectivity index (χ1v) is 6.65. The van der Waals surface area contributed by atoms with Crippen LogP contribution in [0.25, 0.3) is 0 Å². The van der Waals surface area contributed by atoms with E-state index in [0.29, 0.717) is 11.5 Å². The van der Waals surface area contributed by atoms with Crippen molar-refractivity contribution < 1.29 is 23.8 Å². The standard InChI is InChI=1S/C12H12FNO4S/c1-18-7-2-3-8(9(13)4-7)11(15)14-6-19-5-10(14)12(16)17/h2-4,10H,5-6H2,1H3,(H,16,17)/t10-/m0/s1. The fourth-order valence-electron chi connectivity index (χ4n) is 1.80. The van der Waals surface area contributed by atoms with Gasteiger partial charge >= 0.3 is 5.97 Å². The number of carboxylic acids is 1. The third-order valence-corrected chi connectivity index (χ3v) is 3.85. The van der Waals surface area contributed by atoms with Gasteiger partial charge in [-0.3, -0.25) is 4.79 Å². The van der Waals surface area contributed by atoms with Gasteiger partial charge in [0.25, 0.3) is 5.91 Å². The molecule has 19 heavy (non-hydrogen) atoms. The third kappa shape index (κ3) is 2.65. The number of benzene rings is 1. The minimum Gasteiger partial charge on any atom is -0.497 e. The highest BCUT2D eigenvalue weighted by molar-refractivity contribution is 7.99. The van der Waals surface area contributed by atoms with Gasteiger partial charge in [0.15, 0.2) is 0 Å². The number of ether oxygens (including phenoxy) is 1. The highest BCUT2D eigenvalue weighted by Crippen LogP contribution is 2.25. The zero-order valence-electron chi connectivity index (χ0n) is 10.1. The number of carbonyl (C=O) groups is 2. The van der Waals surface area contributed by atoms with Crippen LogP contribution in [0.4, 0.5) is 4.39 Å². The summed E-state index contributed by atoms with van der Waals surface area (Å²) in [6, 6.07) is 2.97. The molecule has 1 atom stereocenters. The zero-order valence-corrected chi connectivity index (χ0v) is 10.9. The van der Waals surface area contributed by atoms with E-state index >= 15 is 0 Å². The summed E-state index contributed by atoms with van der Waals surface area (Å²) in [6.45, 7) is 0. The molecule has 1 aliphatic heterocycles. The Morgan fingerprint density at radius 3 is 2.84 bits per heavy atom. The predicted octanol–water partition coefficient (Wildman–Crippen LogP) is 1.43. The summed E-state index contributed by atoms with van der Waals surface area (Å²) in [7, 11) is 1.40. The Balaban J connectivity index is 2.26. The van der Waals surface area contributed by atoms with E-state index in [4.69, 9.17) is 9.84 Å². The molecule has 0 unspecified atom stereocenters. The summed E-state index contributed by atoms with van der Waals surface area (Å²) in [6.07, 6.45) is 0. The normalized spacial score (nSPS) is 18.4. The maximum Gasteiger partial charge on any atom is 0.327 e. The molecular weight excluding hydrogens is 273 g/mol. The number of amides is 1. The van der Waals surface area contributed by atoms with E-state index in [-0.39, 0.29) is 11.4 Å². The SMILES string of the molecule is COc1ccc(C(=O)N2CSC[C@H]2C(=O)O)c(F)c1. The molecule has 1 amide bonds. The zero-order chi connectivity index (χ0) is 14.0. The van der Waals surface area contributed by atoms with Crippen LogP contribution < -0.4 is 4.74 Å². The molecule has 1 N–H and O–H groups in total. The van der Waals surface area contributed by atoms with Gasteiger partial charge in [-0.25, -0.2) is 9.18 Å². The summed E-state index contributed by atoms with van der Waals surface area (Å²) >= 11 is 1.33. The second-order valence-electron chi connectivity index (χ2n) is 3.97. The topological polar surface area (TPSA) is 66.8 Å². The van der Waals surface area contributed by atoms with Gasteiger partial charge in [-0.2, -0.15) is 0 Å². The number of aliphatic carboxylic acids is 1. The number of carbonyl (C=O) groups excluding carboxylic acids is 1. The minimum atomic E-state index is -1.08. The average molecular weight is 285 g/mol. The largest absolute Gasteiger partial charge is 0.497 e. The van der Waals surface area contributed by atoms with E-state index in [1.165, 1.54) is 31.0 Å². The van der Waals surface area contributed by atoms with Crippen molar-refractivity contribution in [2.24, 2.45) is 0 Å². The van der Waals surface area contributed by atoms with Gasteiger partial charge in [0, 0.05) is 11.8 Å². The second-order valence-corrected chi connectivity index (χ2v) is 4.97. The third-order valence-electron chi connectivity index (χ3n) is 2.83. The van der Waals surface area contributed by atoms with Gasteiger partial charge in [0.1, 0.15) is 17.6 Å². The molecule has 5 nitrogen and oxygen atoms in total. The van der Waals surface area contributed by atoms with Crippen molar-refractivity contribution in [1.82, 2.24) is 4.90 Å². The van der Waals surface area contributed by atoms with Crippen molar-refractivity contribution in [3.8, 4) is 5.75 Å². The first kappa shape index (κ1) is 13.7. The van der Waals surface area contributed by atoms with Crippen LogP contribution in [0.15, 0.2) is 18.2 Å². The fraction of sp³-hybridized carbons (Fsp3) is 0.333. The molecule has 1 saturated heterocycles. The molecule has 102 valence electrons. The van der Waals surface area contributed by atoms with Crippen LogP contribution in [0, 0.1) is 5.82 Å². The fourth-order valence-corrected chi connectivity index (χ4v) is 2.94. The van der Waals surface area contributed by atoms with Crippen LogP contribution in [0.3, 0.4) is 0 Å². The van der Waals surface area contributed by atoms with Gasteiger partial charge in [-0.15, -0.1) is 11.8 Å². The summed E-state index contributed by atoms with van der Waals surface area (Å²) in [4.78, 5) is 24.3. The lowest BCUT2D eigenvalue weighted by Gasteiger charge is -2.20. The predicted molar refractivity (Wildman–Crippen MR) is 67.9 cm³/mol. The summed E-state index contributed by atoms with van der Waals surface area (Å²) < 4.78 is 18.6. The molecule has 1 fully saturated rings. The van der Waals surface area contributed by atoms with Crippen molar-refractivity contribution in [2.45, 2.75) is 6.04 Å². The van der Waals surface area contributed by atoms with Gasteiger partial charge in [-0.05, 0) is 12.1 Å². The molecule has 0 radical (unpaired) electrons. The van der Waals surface area contributed by atoms with Gasteiger partial charge < -0.3 is 14.7 Å². The summed E-state index contributed by atoms with van der Waals surface area (Å²) in [5.41, 5.74) is -0.144. The van der Waals surface area contributed by atoms with Crippen molar-refractivity contribution in [3.63, 3.8) is 0 Å². The number of carboxylic acid groups (broad SMARTS) is 1. The lowest BCUT2D eigenvalue weighted by Crippen LogP contribution is -2.42. The molecule has 1 aromatic carbocycles. The van der Waals surface area contributed by atoms with Crippen LogP contribution >= 0.6 is 11.8 Å². The van der Waals surface area contributed by atoms with Crippen LogP contribution in [-0.4, -0.2) is 46.7 Å². The number of rotatable bonds is 3. The molecular formula is C12H12FNO4S. The van der Waals surface area contributed by atoms with Crippen LogP contribution in [0.1, 0.15) is 10.4 Å². The maximum atomic E-state index is 13.8. The Bertz CT molecular complexity index is 522. The van der Waals surface area contributed by atoms with Crippen molar-refractivity contribution >= 4 is 23.6 Å². The molecule has 7 heteroatoms. The lowest BCUT2D eigenvalue weighted by molar-refractivity contribution is -0.140. The van der Waals surface area contributed by atoms with Gasteiger partial charge in [0.05, 0.1) is 18.6 Å². The van der Waals surface area contributed by atoms with Gasteiger partial charge in [0.2, 0.25) is 0 Å². The highest BCUT2D eigenvalue weighted by Gasteiger charge is 2.35. The maximum absolute atomic E-state index is 13.8. The Morgan fingerprint density at radius 1 is 1.53 bits per heavy atom. The molecule has 1 aromatic rings. The molecule has 0 saturated carbocycles. The Labute approximate surface area is 113 Å². The van der Waals surface area contributed by atoms with Crippen molar-refractivity contribution in [3.05, 3.63) is 29.6 Å². The summed E-state index contributed by atoms with van der Waals surface area (Å²) in [5.74, 6) is -1.53. The molecule has 1 aliphatic rings.